The Morgan fingerprint density at radius 1 is 0.966 bits per heavy atom. The van der Waals surface area contributed by atoms with Crippen molar-refractivity contribution in [2.75, 3.05) is 13.7 Å². The second-order valence-corrected chi connectivity index (χ2v) is 5.95. The van der Waals surface area contributed by atoms with Gasteiger partial charge in [-0.05, 0) is 32.1 Å². The summed E-state index contributed by atoms with van der Waals surface area (Å²) in [6, 6.07) is -0.493. The van der Waals surface area contributed by atoms with Gasteiger partial charge < -0.3 is 0 Å². The third kappa shape index (κ3) is 18.9. The number of allylic oxidation sites excluding steroid dienone is 9. The molecule has 0 aromatic heterocycles. The normalized spacial score (nSPS) is 15.1. The molecular weight excluding hydrogens is 372 g/mol. The van der Waals surface area contributed by atoms with Crippen molar-refractivity contribution in [1.29, 1.82) is 0 Å². The molecule has 0 amide bonds. The lowest BCUT2D eigenvalue weighted by Crippen LogP contribution is -2.27. The summed E-state index contributed by atoms with van der Waals surface area (Å²) in [6.07, 6.45) is 27.3. The Bertz CT molecular complexity index is 553. The van der Waals surface area contributed by atoms with Crippen molar-refractivity contribution in [3.8, 4) is 0 Å². The van der Waals surface area contributed by atoms with Crippen LogP contribution in [-0.4, -0.2) is 31.1 Å². The third-order valence-corrected chi connectivity index (χ3v) is 3.63. The summed E-state index contributed by atoms with van der Waals surface area (Å²) in [6.45, 7) is 2.43. The van der Waals surface area contributed by atoms with E-state index in [0.717, 1.165) is 19.3 Å². The zero-order chi connectivity index (χ0) is 21.4. The fourth-order valence-electron chi connectivity index (χ4n) is 2.13. The summed E-state index contributed by atoms with van der Waals surface area (Å²) in [7, 11) is 1.44. The van der Waals surface area contributed by atoms with E-state index >= 15 is 0 Å². The highest BCUT2D eigenvalue weighted by Gasteiger charge is 2.03. The summed E-state index contributed by atoms with van der Waals surface area (Å²) < 4.78 is 0. The zero-order valence-electron chi connectivity index (χ0n) is 17.4. The first-order valence-electron chi connectivity index (χ1n) is 9.79. The minimum absolute atomic E-state index is 0.190. The smallest absolute Gasteiger partial charge is 0.114 e. The topological polar surface area (TPSA) is 89.4 Å². The first-order valence-corrected chi connectivity index (χ1v) is 9.79. The standard InChI is InChI=1S/C22H34N2O5/c1-3-4-13-16-21(23-25)17-14-11-9-7-5-6-8-10-12-15-18-22(24-29-26)19-20-28-27-2/h4-6,9-15,17-18,21-22,24,26H,3,7-8,16,19-20H2,1-2H3/b6-5-,11-9-,12-10-,13-4-,17-14+,18-15+/t21-,22-/m1/s1. The van der Waals surface area contributed by atoms with Gasteiger partial charge in [0.15, 0.2) is 0 Å². The van der Waals surface area contributed by atoms with Crippen molar-refractivity contribution >= 4 is 0 Å². The molecule has 0 aliphatic rings. The minimum atomic E-state index is -0.303. The number of hydrogen-bond donors (Lipinski definition) is 2. The van der Waals surface area contributed by atoms with Crippen molar-refractivity contribution in [3.05, 3.63) is 77.8 Å². The van der Waals surface area contributed by atoms with Crippen LogP contribution in [0.25, 0.3) is 0 Å². The van der Waals surface area contributed by atoms with Gasteiger partial charge in [-0.25, -0.2) is 15.0 Å². The number of nitrogens with one attached hydrogen (secondary N) is 1. The van der Waals surface area contributed by atoms with Gasteiger partial charge in [-0.1, -0.05) is 85.0 Å². The summed E-state index contributed by atoms with van der Waals surface area (Å²) in [4.78, 5) is 24.0. The van der Waals surface area contributed by atoms with Gasteiger partial charge in [0.25, 0.3) is 0 Å². The predicted molar refractivity (Wildman–Crippen MR) is 117 cm³/mol. The molecule has 0 aliphatic carbocycles. The highest BCUT2D eigenvalue weighted by atomic mass is 17.2. The van der Waals surface area contributed by atoms with Crippen molar-refractivity contribution in [2.45, 2.75) is 51.1 Å². The van der Waals surface area contributed by atoms with Crippen LogP contribution in [0.1, 0.15) is 39.0 Å². The Kier molecular flexibility index (Phi) is 20.5. The van der Waals surface area contributed by atoms with Crippen LogP contribution in [0.2, 0.25) is 0 Å². The molecule has 0 saturated heterocycles. The quantitative estimate of drug-likeness (QED) is 0.0794. The molecule has 0 bridgehead atoms. The SMILES string of the molecule is CC/C=C\C[C@H](/C=C/C=C\C/C=C\C/C=C\C=C\[C@H](CCOOC)NOO)N=O. The van der Waals surface area contributed by atoms with Crippen LogP contribution < -0.4 is 5.48 Å². The highest BCUT2D eigenvalue weighted by molar-refractivity contribution is 5.10. The van der Waals surface area contributed by atoms with Gasteiger partial charge >= 0.3 is 0 Å². The molecule has 2 N–H and O–H groups in total. The van der Waals surface area contributed by atoms with Gasteiger partial charge in [-0.2, -0.15) is 10.4 Å². The molecule has 0 spiro atoms. The maximum absolute atomic E-state index is 10.7. The molecule has 0 unspecified atom stereocenters. The van der Waals surface area contributed by atoms with Gasteiger partial charge in [0.1, 0.15) is 6.04 Å². The van der Waals surface area contributed by atoms with E-state index in [1.54, 1.807) is 0 Å². The summed E-state index contributed by atoms with van der Waals surface area (Å²) in [5.41, 5.74) is 2.45. The molecule has 0 aromatic carbocycles. The molecule has 29 heavy (non-hydrogen) atoms. The molecular formula is C22H34N2O5. The van der Waals surface area contributed by atoms with Crippen molar-refractivity contribution in [2.24, 2.45) is 5.18 Å². The number of nitrogens with zero attached hydrogens (tertiary/aromatic N) is 1. The molecule has 0 saturated carbocycles. The van der Waals surface area contributed by atoms with E-state index in [2.05, 4.69) is 39.6 Å². The Balaban J connectivity index is 4.03. The molecule has 0 rings (SSSR count). The van der Waals surface area contributed by atoms with E-state index in [9.17, 15) is 4.91 Å². The Hall–Kier alpha value is -2.16. The van der Waals surface area contributed by atoms with Crippen LogP contribution >= 0.6 is 0 Å². The second-order valence-electron chi connectivity index (χ2n) is 5.95. The molecule has 162 valence electrons. The molecule has 0 radical (unpaired) electrons. The van der Waals surface area contributed by atoms with Gasteiger partial charge in [0, 0.05) is 0 Å². The van der Waals surface area contributed by atoms with Crippen molar-refractivity contribution < 1.29 is 20.0 Å². The van der Waals surface area contributed by atoms with E-state index < -0.39 is 0 Å². The largest absolute Gasteiger partial charge is 0.240 e. The summed E-state index contributed by atoms with van der Waals surface area (Å²) in [5, 5.41) is 11.6. The Morgan fingerprint density at radius 3 is 2.24 bits per heavy atom. The van der Waals surface area contributed by atoms with E-state index in [4.69, 9.17) is 10.1 Å². The minimum Gasteiger partial charge on any atom is -0.240 e. The zero-order valence-corrected chi connectivity index (χ0v) is 17.4. The van der Waals surface area contributed by atoms with E-state index in [-0.39, 0.29) is 12.1 Å². The number of rotatable bonds is 18. The predicted octanol–water partition coefficient (Wildman–Crippen LogP) is 5.37. The second kappa shape index (κ2) is 22.1. The Labute approximate surface area is 173 Å². The van der Waals surface area contributed by atoms with Gasteiger partial charge in [-0.15, -0.1) is 4.99 Å². The Morgan fingerprint density at radius 2 is 1.66 bits per heavy atom. The van der Waals surface area contributed by atoms with Crippen LogP contribution in [0.4, 0.5) is 0 Å². The van der Waals surface area contributed by atoms with Gasteiger partial charge in [-0.3, -0.25) is 0 Å². The van der Waals surface area contributed by atoms with Crippen molar-refractivity contribution in [3.63, 3.8) is 0 Å². The summed E-state index contributed by atoms with van der Waals surface area (Å²) >= 11 is 0. The maximum Gasteiger partial charge on any atom is 0.114 e. The van der Waals surface area contributed by atoms with Gasteiger partial charge in [0.2, 0.25) is 0 Å². The molecule has 0 fully saturated rings. The molecule has 7 heteroatoms. The lowest BCUT2D eigenvalue weighted by Gasteiger charge is -2.10. The monoisotopic (exact) mass is 406 g/mol. The van der Waals surface area contributed by atoms with Crippen LogP contribution in [0.3, 0.4) is 0 Å². The van der Waals surface area contributed by atoms with Crippen molar-refractivity contribution in [1.82, 2.24) is 5.48 Å². The fraction of sp³-hybridized carbons (Fsp3) is 0.455. The summed E-state index contributed by atoms with van der Waals surface area (Å²) in [5.74, 6) is 0. The average Bonchev–Trinajstić information content (AvgIpc) is 2.73. The molecule has 2 atom stereocenters. The fourth-order valence-corrected chi connectivity index (χ4v) is 2.13. The first kappa shape index (κ1) is 26.8. The van der Waals surface area contributed by atoms with E-state index in [0.29, 0.717) is 19.4 Å². The van der Waals surface area contributed by atoms with Crippen LogP contribution in [0.15, 0.2) is 78.1 Å². The molecule has 0 heterocycles. The number of nitroso groups, excluding NO2 is 1. The number of hydroxylamine groups is 1. The maximum atomic E-state index is 10.7. The van der Waals surface area contributed by atoms with Crippen LogP contribution in [0.5, 0.6) is 0 Å². The average molecular weight is 407 g/mol. The molecule has 0 aliphatic heterocycles. The lowest BCUT2D eigenvalue weighted by atomic mass is 10.2. The van der Waals surface area contributed by atoms with E-state index in [1.165, 1.54) is 7.11 Å². The van der Waals surface area contributed by atoms with Crippen LogP contribution in [-0.2, 0) is 14.8 Å². The lowest BCUT2D eigenvalue weighted by molar-refractivity contribution is -0.302. The van der Waals surface area contributed by atoms with Gasteiger partial charge in [0.05, 0.1) is 19.8 Å². The first-order chi connectivity index (χ1) is 14.3. The number of hydrogen-bond acceptors (Lipinski definition) is 7. The van der Waals surface area contributed by atoms with E-state index in [1.807, 2.05) is 60.8 Å². The molecule has 0 aromatic rings. The highest BCUT2D eigenvalue weighted by Crippen LogP contribution is 2.02. The third-order valence-electron chi connectivity index (χ3n) is 3.63. The molecule has 7 nitrogen and oxygen atoms in total. The van der Waals surface area contributed by atoms with Crippen LogP contribution in [0, 0.1) is 4.91 Å².